The summed E-state index contributed by atoms with van der Waals surface area (Å²) >= 11 is 0. The highest BCUT2D eigenvalue weighted by Crippen LogP contribution is 2.24. The van der Waals surface area contributed by atoms with E-state index >= 15 is 0 Å². The number of ether oxygens (including phenoxy) is 1. The molecular weight excluding hydrogens is 228 g/mol. The summed E-state index contributed by atoms with van der Waals surface area (Å²) in [7, 11) is 0. The van der Waals surface area contributed by atoms with Crippen molar-refractivity contribution in [2.24, 2.45) is 0 Å². The number of carbonyl (C=O) groups is 1. The first-order valence-corrected chi connectivity index (χ1v) is 6.24. The van der Waals surface area contributed by atoms with Gasteiger partial charge < -0.3 is 15.8 Å². The number of carbonyl (C=O) groups excluding carboxylic acids is 1. The Balaban J connectivity index is 3.07. The fourth-order valence-electron chi connectivity index (χ4n) is 1.50. The molecule has 0 aliphatic carbocycles. The summed E-state index contributed by atoms with van der Waals surface area (Å²) < 4.78 is 5.04. The molecule has 1 aromatic carbocycles. The molecule has 100 valence electrons. The molecule has 0 saturated heterocycles. The van der Waals surface area contributed by atoms with Crippen molar-refractivity contribution >= 4 is 17.3 Å². The molecule has 1 aromatic rings. The van der Waals surface area contributed by atoms with E-state index in [-0.39, 0.29) is 11.5 Å². The van der Waals surface area contributed by atoms with Crippen LogP contribution >= 0.6 is 0 Å². The average molecular weight is 250 g/mol. The molecule has 0 radical (unpaired) electrons. The van der Waals surface area contributed by atoms with Crippen molar-refractivity contribution in [2.75, 3.05) is 17.7 Å². The number of hydrogen-bond donors (Lipinski definition) is 2. The van der Waals surface area contributed by atoms with Crippen molar-refractivity contribution in [2.45, 2.75) is 39.7 Å². The van der Waals surface area contributed by atoms with Crippen molar-refractivity contribution in [3.63, 3.8) is 0 Å². The zero-order valence-electron chi connectivity index (χ0n) is 11.5. The van der Waals surface area contributed by atoms with E-state index in [1.54, 1.807) is 19.1 Å². The minimum Gasteiger partial charge on any atom is -0.462 e. The molecule has 0 fully saturated rings. The van der Waals surface area contributed by atoms with Crippen LogP contribution in [0.1, 0.15) is 44.5 Å². The number of esters is 1. The molecule has 3 N–H and O–H groups in total. The van der Waals surface area contributed by atoms with E-state index in [1.807, 2.05) is 6.07 Å². The first-order chi connectivity index (χ1) is 8.39. The summed E-state index contributed by atoms with van der Waals surface area (Å²) in [6.07, 6.45) is 0.944. The van der Waals surface area contributed by atoms with Gasteiger partial charge >= 0.3 is 5.97 Å². The Morgan fingerprint density at radius 1 is 1.39 bits per heavy atom. The highest BCUT2D eigenvalue weighted by molar-refractivity contribution is 5.96. The van der Waals surface area contributed by atoms with Crippen molar-refractivity contribution in [1.29, 1.82) is 0 Å². The largest absolute Gasteiger partial charge is 0.462 e. The van der Waals surface area contributed by atoms with Crippen LogP contribution in [-0.2, 0) is 4.74 Å². The van der Waals surface area contributed by atoms with Gasteiger partial charge in [0.1, 0.15) is 0 Å². The summed E-state index contributed by atoms with van der Waals surface area (Å²) in [6, 6.07) is 5.24. The van der Waals surface area contributed by atoms with E-state index in [2.05, 4.69) is 26.1 Å². The molecule has 0 heterocycles. The van der Waals surface area contributed by atoms with E-state index in [0.29, 0.717) is 17.9 Å². The Kier molecular flexibility index (Phi) is 4.59. The Hall–Kier alpha value is -1.71. The van der Waals surface area contributed by atoms with Crippen LogP contribution in [0.15, 0.2) is 18.2 Å². The lowest BCUT2D eigenvalue weighted by Crippen LogP contribution is -2.30. The van der Waals surface area contributed by atoms with Gasteiger partial charge in [0.15, 0.2) is 0 Å². The molecule has 4 heteroatoms. The van der Waals surface area contributed by atoms with E-state index in [4.69, 9.17) is 10.5 Å². The first kappa shape index (κ1) is 14.4. The third-order valence-corrected chi connectivity index (χ3v) is 2.90. The van der Waals surface area contributed by atoms with Gasteiger partial charge in [0, 0.05) is 16.9 Å². The molecule has 0 unspecified atom stereocenters. The fourth-order valence-corrected chi connectivity index (χ4v) is 1.50. The lowest BCUT2D eigenvalue weighted by molar-refractivity contribution is 0.0527. The molecule has 1 rings (SSSR count). The average Bonchev–Trinajstić information content (AvgIpc) is 2.31. The summed E-state index contributed by atoms with van der Waals surface area (Å²) in [4.78, 5) is 11.9. The zero-order valence-corrected chi connectivity index (χ0v) is 11.5. The minimum atomic E-state index is -0.348. The van der Waals surface area contributed by atoms with Crippen LogP contribution in [0.5, 0.6) is 0 Å². The fraction of sp³-hybridized carbons (Fsp3) is 0.500. The predicted octanol–water partition coefficient (Wildman–Crippen LogP) is 3.05. The molecule has 0 saturated carbocycles. The number of nitrogen functional groups attached to an aromatic ring is 1. The normalized spacial score (nSPS) is 11.1. The van der Waals surface area contributed by atoms with Gasteiger partial charge in [0.2, 0.25) is 0 Å². The van der Waals surface area contributed by atoms with E-state index in [0.717, 1.165) is 12.1 Å². The van der Waals surface area contributed by atoms with Crippen molar-refractivity contribution < 1.29 is 9.53 Å². The molecule has 0 aliphatic heterocycles. The summed E-state index contributed by atoms with van der Waals surface area (Å²) in [6.45, 7) is 8.39. The molecule has 0 amide bonds. The van der Waals surface area contributed by atoms with Gasteiger partial charge in [-0.25, -0.2) is 4.79 Å². The number of benzene rings is 1. The topological polar surface area (TPSA) is 64.3 Å². The maximum Gasteiger partial charge on any atom is 0.340 e. The molecule has 0 aliphatic rings. The number of hydrogen-bond acceptors (Lipinski definition) is 4. The van der Waals surface area contributed by atoms with Crippen LogP contribution in [0.2, 0.25) is 0 Å². The number of nitrogens with two attached hydrogens (primary N) is 1. The quantitative estimate of drug-likeness (QED) is 0.622. The number of rotatable bonds is 5. The van der Waals surface area contributed by atoms with Gasteiger partial charge in [-0.1, -0.05) is 6.92 Å². The van der Waals surface area contributed by atoms with Gasteiger partial charge in [-0.3, -0.25) is 0 Å². The SMILES string of the molecule is CCOC(=O)c1cc(N)ccc1NC(C)(C)CC. The Bertz CT molecular complexity index is 428. The number of anilines is 2. The van der Waals surface area contributed by atoms with Gasteiger partial charge in [0.05, 0.1) is 12.2 Å². The summed E-state index contributed by atoms with van der Waals surface area (Å²) in [5.41, 5.74) is 7.43. The molecule has 4 nitrogen and oxygen atoms in total. The zero-order chi connectivity index (χ0) is 13.8. The van der Waals surface area contributed by atoms with E-state index in [9.17, 15) is 4.79 Å². The third-order valence-electron chi connectivity index (χ3n) is 2.90. The van der Waals surface area contributed by atoms with Crippen LogP contribution in [0.4, 0.5) is 11.4 Å². The van der Waals surface area contributed by atoms with Crippen molar-refractivity contribution in [3.05, 3.63) is 23.8 Å². The second kappa shape index (κ2) is 5.76. The lowest BCUT2D eigenvalue weighted by atomic mass is 10.0. The standard InChI is InChI=1S/C14H22N2O2/c1-5-14(3,4)16-12-8-7-10(15)9-11(12)13(17)18-6-2/h7-9,16H,5-6,15H2,1-4H3. The van der Waals surface area contributed by atoms with Gasteiger partial charge in [-0.15, -0.1) is 0 Å². The second-order valence-corrected chi connectivity index (χ2v) is 4.89. The minimum absolute atomic E-state index is 0.0860. The maximum absolute atomic E-state index is 11.9. The van der Waals surface area contributed by atoms with Crippen LogP contribution in [0.25, 0.3) is 0 Å². The third kappa shape index (κ3) is 3.65. The summed E-state index contributed by atoms with van der Waals surface area (Å²) in [5, 5.41) is 3.35. The Morgan fingerprint density at radius 3 is 2.61 bits per heavy atom. The van der Waals surface area contributed by atoms with Crippen LogP contribution in [-0.4, -0.2) is 18.1 Å². The van der Waals surface area contributed by atoms with E-state index < -0.39 is 0 Å². The highest BCUT2D eigenvalue weighted by atomic mass is 16.5. The predicted molar refractivity (Wildman–Crippen MR) is 74.8 cm³/mol. The first-order valence-electron chi connectivity index (χ1n) is 6.24. The van der Waals surface area contributed by atoms with Gasteiger partial charge in [-0.05, 0) is 45.4 Å². The van der Waals surface area contributed by atoms with Crippen molar-refractivity contribution in [3.8, 4) is 0 Å². The Morgan fingerprint density at radius 2 is 2.06 bits per heavy atom. The summed E-state index contributed by atoms with van der Waals surface area (Å²) in [5.74, 6) is -0.348. The maximum atomic E-state index is 11.9. The monoisotopic (exact) mass is 250 g/mol. The smallest absolute Gasteiger partial charge is 0.340 e. The molecule has 0 spiro atoms. The van der Waals surface area contributed by atoms with Crippen LogP contribution in [0.3, 0.4) is 0 Å². The molecule has 18 heavy (non-hydrogen) atoms. The second-order valence-electron chi connectivity index (χ2n) is 4.89. The van der Waals surface area contributed by atoms with E-state index in [1.165, 1.54) is 0 Å². The Labute approximate surface area is 109 Å². The molecular formula is C14H22N2O2. The molecule has 0 atom stereocenters. The lowest BCUT2D eigenvalue weighted by Gasteiger charge is -2.27. The van der Waals surface area contributed by atoms with Crippen LogP contribution < -0.4 is 11.1 Å². The van der Waals surface area contributed by atoms with Gasteiger partial charge in [-0.2, -0.15) is 0 Å². The van der Waals surface area contributed by atoms with Crippen molar-refractivity contribution in [1.82, 2.24) is 0 Å². The van der Waals surface area contributed by atoms with Gasteiger partial charge in [0.25, 0.3) is 0 Å². The molecule has 0 aromatic heterocycles. The highest BCUT2D eigenvalue weighted by Gasteiger charge is 2.19. The van der Waals surface area contributed by atoms with Crippen LogP contribution in [0, 0.1) is 0 Å². The molecule has 0 bridgehead atoms. The number of nitrogens with one attached hydrogen (secondary N) is 1.